The van der Waals surface area contributed by atoms with Gasteiger partial charge in [0.2, 0.25) is 0 Å². The van der Waals surface area contributed by atoms with Crippen molar-refractivity contribution in [3.8, 4) is 6.07 Å². The third kappa shape index (κ3) is 2.69. The first-order valence-corrected chi connectivity index (χ1v) is 6.05. The zero-order chi connectivity index (χ0) is 13.0. The van der Waals surface area contributed by atoms with Crippen LogP contribution in [0.4, 0.5) is 0 Å². The molecule has 18 heavy (non-hydrogen) atoms. The zero-order valence-corrected chi connectivity index (χ0v) is 10.4. The Balaban J connectivity index is 2.02. The largest absolute Gasteiger partial charge is 0.465 e. The molecule has 0 radical (unpaired) electrons. The average Bonchev–Trinajstić information content (AvgIpc) is 2.86. The van der Waals surface area contributed by atoms with Crippen LogP contribution in [-0.2, 0) is 11.3 Å². The van der Waals surface area contributed by atoms with Gasteiger partial charge in [-0.3, -0.25) is 4.90 Å². The summed E-state index contributed by atoms with van der Waals surface area (Å²) in [5.41, 5.74) is 1.67. The summed E-state index contributed by atoms with van der Waals surface area (Å²) >= 11 is 0. The lowest BCUT2D eigenvalue weighted by molar-refractivity contribution is 0.0600. The number of ether oxygens (including phenoxy) is 1. The molecule has 1 fully saturated rings. The van der Waals surface area contributed by atoms with Crippen LogP contribution in [0.3, 0.4) is 0 Å². The van der Waals surface area contributed by atoms with Crippen molar-refractivity contribution in [2.75, 3.05) is 13.7 Å². The molecule has 0 N–H and O–H groups in total. The molecule has 1 aromatic carbocycles. The lowest BCUT2D eigenvalue weighted by atomic mass is 10.1. The number of rotatable bonds is 3. The van der Waals surface area contributed by atoms with Crippen LogP contribution >= 0.6 is 0 Å². The Morgan fingerprint density at radius 2 is 2.22 bits per heavy atom. The number of nitrogens with zero attached hydrogens (tertiary/aromatic N) is 2. The van der Waals surface area contributed by atoms with Crippen LogP contribution in [0.15, 0.2) is 24.3 Å². The van der Waals surface area contributed by atoms with Gasteiger partial charge < -0.3 is 4.74 Å². The molecule has 1 saturated heterocycles. The van der Waals surface area contributed by atoms with E-state index in [1.54, 1.807) is 12.1 Å². The summed E-state index contributed by atoms with van der Waals surface area (Å²) < 4.78 is 4.65. The molecule has 1 heterocycles. The molecule has 0 amide bonds. The first-order valence-electron chi connectivity index (χ1n) is 6.05. The van der Waals surface area contributed by atoms with Gasteiger partial charge >= 0.3 is 5.97 Å². The van der Waals surface area contributed by atoms with Crippen molar-refractivity contribution in [2.45, 2.75) is 25.4 Å². The molecule has 0 saturated carbocycles. The van der Waals surface area contributed by atoms with Gasteiger partial charge in [0.05, 0.1) is 24.8 Å². The number of esters is 1. The highest BCUT2D eigenvalue weighted by atomic mass is 16.5. The van der Waals surface area contributed by atoms with Gasteiger partial charge in [-0.05, 0) is 37.1 Å². The summed E-state index contributed by atoms with van der Waals surface area (Å²) in [6.45, 7) is 1.73. The molecule has 1 aliphatic heterocycles. The van der Waals surface area contributed by atoms with Crippen LogP contribution in [0.5, 0.6) is 0 Å². The Morgan fingerprint density at radius 1 is 1.50 bits per heavy atom. The zero-order valence-electron chi connectivity index (χ0n) is 10.4. The minimum absolute atomic E-state index is 0.0327. The number of nitriles is 1. The molecule has 0 spiro atoms. The maximum atomic E-state index is 11.3. The van der Waals surface area contributed by atoms with Crippen molar-refractivity contribution < 1.29 is 9.53 Å². The summed E-state index contributed by atoms with van der Waals surface area (Å²) in [6.07, 6.45) is 2.04. The van der Waals surface area contributed by atoms with E-state index in [2.05, 4.69) is 15.7 Å². The molecule has 0 aromatic heterocycles. The summed E-state index contributed by atoms with van der Waals surface area (Å²) in [5.74, 6) is -0.322. The molecule has 1 aliphatic rings. The number of carbonyl (C=O) groups excluding carboxylic acids is 1. The second kappa shape index (κ2) is 5.65. The lowest BCUT2D eigenvalue weighted by Crippen LogP contribution is -2.27. The fourth-order valence-electron chi connectivity index (χ4n) is 2.26. The second-order valence-corrected chi connectivity index (χ2v) is 4.45. The molecule has 0 aliphatic carbocycles. The average molecular weight is 244 g/mol. The molecule has 1 atom stereocenters. The van der Waals surface area contributed by atoms with Crippen LogP contribution in [0.2, 0.25) is 0 Å². The van der Waals surface area contributed by atoms with Crippen molar-refractivity contribution in [1.29, 1.82) is 5.26 Å². The molecule has 94 valence electrons. The predicted molar refractivity (Wildman–Crippen MR) is 66.8 cm³/mol. The molecule has 0 bridgehead atoms. The minimum atomic E-state index is -0.322. The predicted octanol–water partition coefficient (Wildman–Crippen LogP) is 1.96. The van der Waals surface area contributed by atoms with E-state index in [0.29, 0.717) is 5.56 Å². The molecule has 1 unspecified atom stereocenters. The van der Waals surface area contributed by atoms with Crippen molar-refractivity contribution in [1.82, 2.24) is 4.90 Å². The van der Waals surface area contributed by atoms with Gasteiger partial charge in [0.15, 0.2) is 0 Å². The smallest absolute Gasteiger partial charge is 0.337 e. The van der Waals surface area contributed by atoms with Crippen molar-refractivity contribution in [3.63, 3.8) is 0 Å². The number of likely N-dealkylation sites (tertiary alicyclic amines) is 1. The third-order valence-electron chi connectivity index (χ3n) is 3.27. The van der Waals surface area contributed by atoms with Crippen molar-refractivity contribution >= 4 is 5.97 Å². The molecular weight excluding hydrogens is 228 g/mol. The normalized spacial score (nSPS) is 19.4. The fourth-order valence-corrected chi connectivity index (χ4v) is 2.26. The highest BCUT2D eigenvalue weighted by Crippen LogP contribution is 2.19. The van der Waals surface area contributed by atoms with Crippen LogP contribution < -0.4 is 0 Å². The van der Waals surface area contributed by atoms with E-state index in [1.807, 2.05) is 12.1 Å². The maximum Gasteiger partial charge on any atom is 0.337 e. The van der Waals surface area contributed by atoms with Crippen LogP contribution in [0.1, 0.15) is 28.8 Å². The molecule has 1 aromatic rings. The van der Waals surface area contributed by atoms with Gasteiger partial charge in [-0.1, -0.05) is 12.1 Å². The standard InChI is InChI=1S/C14H16N2O2/c1-18-14(17)12-6-4-11(5-7-12)10-16-8-2-3-13(16)9-15/h4-7,13H,2-3,8,10H2,1H3. The quantitative estimate of drug-likeness (QED) is 0.763. The monoisotopic (exact) mass is 244 g/mol. The number of hydrogen-bond donors (Lipinski definition) is 0. The van der Waals surface area contributed by atoms with Gasteiger partial charge in [-0.2, -0.15) is 5.26 Å². The Morgan fingerprint density at radius 3 is 2.83 bits per heavy atom. The van der Waals surface area contributed by atoms with Gasteiger partial charge in [-0.25, -0.2) is 4.79 Å². The highest BCUT2D eigenvalue weighted by molar-refractivity contribution is 5.89. The highest BCUT2D eigenvalue weighted by Gasteiger charge is 2.23. The Hall–Kier alpha value is -1.86. The maximum absolute atomic E-state index is 11.3. The Labute approximate surface area is 107 Å². The molecule has 2 rings (SSSR count). The summed E-state index contributed by atoms with van der Waals surface area (Å²) in [5, 5.41) is 9.01. The Kier molecular flexibility index (Phi) is 3.96. The summed E-state index contributed by atoms with van der Waals surface area (Å²) in [6, 6.07) is 9.71. The topological polar surface area (TPSA) is 53.3 Å². The minimum Gasteiger partial charge on any atom is -0.465 e. The van der Waals surface area contributed by atoms with E-state index in [-0.39, 0.29) is 12.0 Å². The summed E-state index contributed by atoms with van der Waals surface area (Å²) in [4.78, 5) is 13.5. The van der Waals surface area contributed by atoms with E-state index < -0.39 is 0 Å². The van der Waals surface area contributed by atoms with Crippen molar-refractivity contribution in [2.24, 2.45) is 0 Å². The van der Waals surface area contributed by atoms with Gasteiger partial charge in [-0.15, -0.1) is 0 Å². The number of methoxy groups -OCH3 is 1. The fraction of sp³-hybridized carbons (Fsp3) is 0.429. The Bertz CT molecular complexity index is 462. The van der Waals surface area contributed by atoms with Crippen LogP contribution in [-0.4, -0.2) is 30.6 Å². The lowest BCUT2D eigenvalue weighted by Gasteiger charge is -2.18. The third-order valence-corrected chi connectivity index (χ3v) is 3.27. The molecule has 4 nitrogen and oxygen atoms in total. The van der Waals surface area contributed by atoms with Gasteiger partial charge in [0.1, 0.15) is 0 Å². The van der Waals surface area contributed by atoms with E-state index in [0.717, 1.165) is 31.5 Å². The first kappa shape index (κ1) is 12.6. The second-order valence-electron chi connectivity index (χ2n) is 4.45. The van der Waals surface area contributed by atoms with E-state index >= 15 is 0 Å². The van der Waals surface area contributed by atoms with Crippen LogP contribution in [0.25, 0.3) is 0 Å². The van der Waals surface area contributed by atoms with E-state index in [9.17, 15) is 4.79 Å². The first-order chi connectivity index (χ1) is 8.74. The molecule has 4 heteroatoms. The van der Waals surface area contributed by atoms with Crippen LogP contribution in [0, 0.1) is 11.3 Å². The number of benzene rings is 1. The van der Waals surface area contributed by atoms with Gasteiger partial charge in [0, 0.05) is 6.54 Å². The molecular formula is C14H16N2O2. The summed E-state index contributed by atoms with van der Waals surface area (Å²) in [7, 11) is 1.37. The van der Waals surface area contributed by atoms with E-state index in [1.165, 1.54) is 7.11 Å². The van der Waals surface area contributed by atoms with Crippen molar-refractivity contribution in [3.05, 3.63) is 35.4 Å². The SMILES string of the molecule is COC(=O)c1ccc(CN2CCCC2C#N)cc1. The van der Waals surface area contributed by atoms with E-state index in [4.69, 9.17) is 5.26 Å². The number of carbonyl (C=O) groups is 1. The number of hydrogen-bond acceptors (Lipinski definition) is 4. The van der Waals surface area contributed by atoms with Gasteiger partial charge in [0.25, 0.3) is 0 Å².